The highest BCUT2D eigenvalue weighted by atomic mass is 16.5. The molecule has 1 aromatic heterocycles. The second-order valence-corrected chi connectivity index (χ2v) is 2.59. The van der Waals surface area contributed by atoms with Gasteiger partial charge in [0.05, 0.1) is 6.61 Å². The summed E-state index contributed by atoms with van der Waals surface area (Å²) in [4.78, 5) is 21.2. The number of aryl methyl sites for hydroxylation is 1. The molecule has 0 bridgehead atoms. The van der Waals surface area contributed by atoms with Crippen molar-refractivity contribution in [2.45, 2.75) is 13.8 Å². The van der Waals surface area contributed by atoms with E-state index in [1.54, 1.807) is 13.8 Å². The number of nitrogens with two attached hydrogens (primary N) is 1. The minimum Gasteiger partial charge on any atom is -0.465 e. The predicted molar refractivity (Wildman–Crippen MR) is 52.5 cm³/mol. The van der Waals surface area contributed by atoms with Crippen LogP contribution in [0.3, 0.4) is 0 Å². The maximum atomic E-state index is 11.0. The Bertz CT molecular complexity index is 397. The molecular weight excluding hydrogens is 184 g/mol. The summed E-state index contributed by atoms with van der Waals surface area (Å²) in [6, 6.07) is 1.36. The Kier molecular flexibility index (Phi) is 3.22. The quantitative estimate of drug-likeness (QED) is 0.516. The maximum Gasteiger partial charge on any atom is 0.289 e. The number of hydrogen-bond acceptors (Lipinski definition) is 4. The van der Waals surface area contributed by atoms with Gasteiger partial charge in [0, 0.05) is 11.8 Å². The molecule has 0 radical (unpaired) electrons. The maximum absolute atomic E-state index is 11.0. The first-order chi connectivity index (χ1) is 6.61. The van der Waals surface area contributed by atoms with Crippen LogP contribution in [-0.2, 0) is 4.74 Å². The zero-order valence-corrected chi connectivity index (χ0v) is 8.07. The van der Waals surface area contributed by atoms with Crippen LogP contribution in [0.5, 0.6) is 0 Å². The highest BCUT2D eigenvalue weighted by Gasteiger charge is 1.97. The number of aromatic amines is 1. The Labute approximate surface area is 80.8 Å². The summed E-state index contributed by atoms with van der Waals surface area (Å²) in [6.45, 7) is 3.91. The third-order valence-corrected chi connectivity index (χ3v) is 1.37. The molecule has 0 aliphatic rings. The molecule has 0 atom stereocenters. The third-order valence-electron chi connectivity index (χ3n) is 1.37. The normalized spacial score (nSPS) is 11.4. The van der Waals surface area contributed by atoms with Crippen molar-refractivity contribution in [1.82, 2.24) is 9.97 Å². The fraction of sp³-hybridized carbons (Fsp3) is 0.375. The molecule has 14 heavy (non-hydrogen) atoms. The van der Waals surface area contributed by atoms with Gasteiger partial charge in [-0.15, -0.1) is 0 Å². The number of hydrogen-bond donors (Lipinski definition) is 2. The Hall–Kier alpha value is -1.85. The van der Waals surface area contributed by atoms with Crippen LogP contribution >= 0.6 is 0 Å². The minimum atomic E-state index is -0.263. The van der Waals surface area contributed by atoms with Crippen LogP contribution < -0.4 is 11.3 Å². The lowest BCUT2D eigenvalue weighted by Crippen LogP contribution is -2.16. The van der Waals surface area contributed by atoms with Gasteiger partial charge in [-0.25, -0.2) is 4.98 Å². The van der Waals surface area contributed by atoms with E-state index in [1.807, 2.05) is 0 Å². The van der Waals surface area contributed by atoms with Crippen LogP contribution in [0.15, 0.2) is 15.9 Å². The van der Waals surface area contributed by atoms with Gasteiger partial charge < -0.3 is 10.5 Å². The summed E-state index contributed by atoms with van der Waals surface area (Å²) in [5, 5.41) is 0. The van der Waals surface area contributed by atoms with E-state index in [1.165, 1.54) is 6.07 Å². The van der Waals surface area contributed by atoms with Crippen molar-refractivity contribution in [3.63, 3.8) is 0 Å². The van der Waals surface area contributed by atoms with Crippen molar-refractivity contribution >= 4 is 12.0 Å². The summed E-state index contributed by atoms with van der Waals surface area (Å²) < 4.78 is 4.89. The second kappa shape index (κ2) is 4.40. The van der Waals surface area contributed by atoms with Crippen LogP contribution in [0.4, 0.5) is 5.95 Å². The molecule has 1 heterocycles. The third kappa shape index (κ3) is 2.89. The van der Waals surface area contributed by atoms with Gasteiger partial charge >= 0.3 is 0 Å². The van der Waals surface area contributed by atoms with Crippen molar-refractivity contribution in [1.29, 1.82) is 0 Å². The van der Waals surface area contributed by atoms with Crippen LogP contribution in [0.25, 0.3) is 0 Å². The number of ether oxygens (including phenoxy) is 1. The average Bonchev–Trinajstić information content (AvgIpc) is 2.01. The SMILES string of the molecule is CCO/C(N)=N/c1nc(C)cc(=O)[nH]1. The molecule has 1 rings (SSSR count). The number of aliphatic imine (C=N–C) groups is 1. The van der Waals surface area contributed by atoms with Gasteiger partial charge in [0.2, 0.25) is 5.95 Å². The monoisotopic (exact) mass is 196 g/mol. The van der Waals surface area contributed by atoms with E-state index in [4.69, 9.17) is 10.5 Å². The molecule has 0 aromatic carbocycles. The summed E-state index contributed by atoms with van der Waals surface area (Å²) in [6.07, 6.45) is 0. The number of nitrogens with zero attached hydrogens (tertiary/aromatic N) is 2. The largest absolute Gasteiger partial charge is 0.465 e. The molecule has 6 nitrogen and oxygen atoms in total. The fourth-order valence-electron chi connectivity index (χ4n) is 0.901. The summed E-state index contributed by atoms with van der Waals surface area (Å²) in [5.74, 6) is 0.154. The predicted octanol–water partition coefficient (Wildman–Crippen LogP) is 0.0610. The summed E-state index contributed by atoms with van der Waals surface area (Å²) in [5.41, 5.74) is 5.70. The van der Waals surface area contributed by atoms with Gasteiger partial charge in [-0.1, -0.05) is 0 Å². The van der Waals surface area contributed by atoms with Crippen LogP contribution in [0.1, 0.15) is 12.6 Å². The van der Waals surface area contributed by atoms with Gasteiger partial charge in [0.15, 0.2) is 0 Å². The van der Waals surface area contributed by atoms with Gasteiger partial charge in [-0.05, 0) is 13.8 Å². The van der Waals surface area contributed by atoms with Crippen molar-refractivity contribution in [3.8, 4) is 0 Å². The van der Waals surface area contributed by atoms with Gasteiger partial charge in [-0.2, -0.15) is 4.99 Å². The Morgan fingerprint density at radius 3 is 3.07 bits per heavy atom. The average molecular weight is 196 g/mol. The molecule has 0 aliphatic heterocycles. The van der Waals surface area contributed by atoms with Crippen LogP contribution in [-0.4, -0.2) is 22.6 Å². The molecule has 0 aliphatic carbocycles. The van der Waals surface area contributed by atoms with E-state index < -0.39 is 0 Å². The standard InChI is InChI=1S/C8H12N4O2/c1-3-14-7(9)12-8-10-5(2)4-6(13)11-8/h4H,3H2,1-2H3,(H3,9,10,11,12,13). The lowest BCUT2D eigenvalue weighted by atomic mass is 10.4. The highest BCUT2D eigenvalue weighted by Crippen LogP contribution is 2.00. The molecule has 0 unspecified atom stereocenters. The summed E-state index contributed by atoms with van der Waals surface area (Å²) >= 11 is 0. The summed E-state index contributed by atoms with van der Waals surface area (Å²) in [7, 11) is 0. The van der Waals surface area contributed by atoms with Gasteiger partial charge in [-0.3, -0.25) is 9.78 Å². The molecule has 0 amide bonds. The van der Waals surface area contributed by atoms with Crippen molar-refractivity contribution in [2.75, 3.05) is 6.61 Å². The van der Waals surface area contributed by atoms with Crippen molar-refractivity contribution in [3.05, 3.63) is 22.1 Å². The number of H-pyrrole nitrogens is 1. The first kappa shape index (κ1) is 10.2. The fourth-order valence-corrected chi connectivity index (χ4v) is 0.901. The van der Waals surface area contributed by atoms with Gasteiger partial charge in [0.25, 0.3) is 11.6 Å². The highest BCUT2D eigenvalue weighted by molar-refractivity contribution is 5.73. The number of nitrogens with one attached hydrogen (secondary N) is 1. The molecule has 0 saturated carbocycles. The number of aromatic nitrogens is 2. The Morgan fingerprint density at radius 2 is 2.50 bits per heavy atom. The number of rotatable bonds is 2. The zero-order chi connectivity index (χ0) is 10.6. The minimum absolute atomic E-state index is 0.0127. The van der Waals surface area contributed by atoms with E-state index >= 15 is 0 Å². The molecular formula is C8H12N4O2. The molecule has 1 aromatic rings. The Morgan fingerprint density at radius 1 is 1.79 bits per heavy atom. The van der Waals surface area contributed by atoms with E-state index in [-0.39, 0.29) is 17.5 Å². The first-order valence-corrected chi connectivity index (χ1v) is 4.16. The van der Waals surface area contributed by atoms with E-state index in [9.17, 15) is 4.79 Å². The lowest BCUT2D eigenvalue weighted by Gasteiger charge is -2.00. The van der Waals surface area contributed by atoms with Crippen LogP contribution in [0.2, 0.25) is 0 Å². The van der Waals surface area contributed by atoms with Crippen molar-refractivity contribution < 1.29 is 4.74 Å². The van der Waals surface area contributed by atoms with Crippen molar-refractivity contribution in [2.24, 2.45) is 10.7 Å². The zero-order valence-electron chi connectivity index (χ0n) is 8.07. The van der Waals surface area contributed by atoms with E-state index in [0.29, 0.717) is 12.3 Å². The van der Waals surface area contributed by atoms with E-state index in [0.717, 1.165) is 0 Å². The molecule has 0 saturated heterocycles. The molecule has 0 fully saturated rings. The first-order valence-electron chi connectivity index (χ1n) is 4.16. The molecule has 0 spiro atoms. The van der Waals surface area contributed by atoms with Gasteiger partial charge in [0.1, 0.15) is 0 Å². The molecule has 6 heteroatoms. The smallest absolute Gasteiger partial charge is 0.289 e. The topological polar surface area (TPSA) is 93.4 Å². The Balaban J connectivity index is 2.96. The molecule has 3 N–H and O–H groups in total. The second-order valence-electron chi connectivity index (χ2n) is 2.59. The molecule has 76 valence electrons. The van der Waals surface area contributed by atoms with E-state index in [2.05, 4.69) is 15.0 Å². The number of amidine groups is 1. The van der Waals surface area contributed by atoms with Crippen LogP contribution in [0, 0.1) is 6.92 Å². The lowest BCUT2D eigenvalue weighted by molar-refractivity contribution is 0.322.